The predicted molar refractivity (Wildman–Crippen MR) is 90.1 cm³/mol. The van der Waals surface area contributed by atoms with Crippen LogP contribution in [0.3, 0.4) is 0 Å². The van der Waals surface area contributed by atoms with Gasteiger partial charge in [0.15, 0.2) is 0 Å². The fourth-order valence-corrected chi connectivity index (χ4v) is 3.14. The SMILES string of the molecule is CCC1=C(CC(=O)O)c2cc(F)ccc2/C1=C\c1ccc(F)cc1. The lowest BCUT2D eigenvalue weighted by Gasteiger charge is -2.06. The molecule has 1 aliphatic carbocycles. The highest BCUT2D eigenvalue weighted by Crippen LogP contribution is 2.45. The Bertz CT molecular complexity index is 862. The maximum atomic E-state index is 13.7. The van der Waals surface area contributed by atoms with Gasteiger partial charge in [-0.2, -0.15) is 0 Å². The van der Waals surface area contributed by atoms with Crippen molar-refractivity contribution in [2.24, 2.45) is 0 Å². The fraction of sp³-hybridized carbons (Fsp3) is 0.150. The van der Waals surface area contributed by atoms with Gasteiger partial charge >= 0.3 is 5.97 Å². The number of hydrogen-bond donors (Lipinski definition) is 1. The van der Waals surface area contributed by atoms with Crippen molar-refractivity contribution in [3.05, 3.63) is 76.4 Å². The Morgan fingerprint density at radius 3 is 2.29 bits per heavy atom. The zero-order valence-electron chi connectivity index (χ0n) is 13.1. The number of carboxylic acid groups (broad SMARTS) is 1. The molecule has 0 fully saturated rings. The minimum absolute atomic E-state index is 0.152. The molecule has 0 saturated heterocycles. The van der Waals surface area contributed by atoms with Gasteiger partial charge < -0.3 is 5.11 Å². The van der Waals surface area contributed by atoms with E-state index < -0.39 is 11.8 Å². The number of allylic oxidation sites excluding steroid dienone is 2. The van der Waals surface area contributed by atoms with Crippen LogP contribution in [-0.4, -0.2) is 11.1 Å². The van der Waals surface area contributed by atoms with Crippen molar-refractivity contribution in [2.75, 3.05) is 0 Å². The smallest absolute Gasteiger partial charge is 0.307 e. The number of hydrogen-bond acceptors (Lipinski definition) is 1. The molecule has 0 aromatic heterocycles. The number of aliphatic carboxylic acids is 1. The van der Waals surface area contributed by atoms with Crippen LogP contribution in [0.1, 0.15) is 36.5 Å². The van der Waals surface area contributed by atoms with Crippen molar-refractivity contribution < 1.29 is 18.7 Å². The van der Waals surface area contributed by atoms with E-state index in [-0.39, 0.29) is 12.2 Å². The average molecular weight is 326 g/mol. The summed E-state index contributed by atoms with van der Waals surface area (Å²) >= 11 is 0. The third-order valence-electron chi connectivity index (χ3n) is 4.15. The Kier molecular flexibility index (Phi) is 4.30. The van der Waals surface area contributed by atoms with Crippen molar-refractivity contribution in [2.45, 2.75) is 19.8 Å². The second kappa shape index (κ2) is 6.40. The largest absolute Gasteiger partial charge is 0.481 e. The molecular weight excluding hydrogens is 310 g/mol. The Balaban J connectivity index is 2.19. The van der Waals surface area contributed by atoms with E-state index >= 15 is 0 Å². The quantitative estimate of drug-likeness (QED) is 0.843. The third kappa shape index (κ3) is 3.00. The molecule has 2 nitrogen and oxygen atoms in total. The van der Waals surface area contributed by atoms with E-state index in [1.165, 1.54) is 24.3 Å². The Morgan fingerprint density at radius 1 is 1.00 bits per heavy atom. The van der Waals surface area contributed by atoms with Crippen molar-refractivity contribution >= 4 is 23.2 Å². The van der Waals surface area contributed by atoms with Gasteiger partial charge in [0.1, 0.15) is 11.6 Å². The number of carbonyl (C=O) groups is 1. The molecule has 0 unspecified atom stereocenters. The number of carboxylic acids is 1. The van der Waals surface area contributed by atoms with E-state index in [2.05, 4.69) is 0 Å². The van der Waals surface area contributed by atoms with Crippen LogP contribution in [0.25, 0.3) is 17.2 Å². The maximum Gasteiger partial charge on any atom is 0.307 e. The fourth-order valence-electron chi connectivity index (χ4n) is 3.14. The van der Waals surface area contributed by atoms with Gasteiger partial charge in [0.2, 0.25) is 0 Å². The zero-order chi connectivity index (χ0) is 17.3. The predicted octanol–water partition coefficient (Wildman–Crippen LogP) is 5.16. The summed E-state index contributed by atoms with van der Waals surface area (Å²) in [5.74, 6) is -1.66. The van der Waals surface area contributed by atoms with Crippen LogP contribution in [0.4, 0.5) is 8.78 Å². The van der Waals surface area contributed by atoms with Crippen LogP contribution >= 0.6 is 0 Å². The molecule has 24 heavy (non-hydrogen) atoms. The minimum atomic E-state index is -0.950. The number of rotatable bonds is 4. The van der Waals surface area contributed by atoms with Crippen LogP contribution < -0.4 is 0 Å². The van der Waals surface area contributed by atoms with E-state index in [0.29, 0.717) is 17.6 Å². The number of fused-ring (bicyclic) bond motifs is 1. The minimum Gasteiger partial charge on any atom is -0.481 e. The molecule has 0 spiro atoms. The van der Waals surface area contributed by atoms with E-state index in [1.54, 1.807) is 18.2 Å². The van der Waals surface area contributed by atoms with Crippen molar-refractivity contribution in [1.82, 2.24) is 0 Å². The second-order valence-electron chi connectivity index (χ2n) is 5.68. The first-order valence-corrected chi connectivity index (χ1v) is 7.71. The summed E-state index contributed by atoms with van der Waals surface area (Å²) in [4.78, 5) is 11.2. The van der Waals surface area contributed by atoms with Gasteiger partial charge in [-0.25, -0.2) is 8.78 Å². The molecule has 0 bridgehead atoms. The molecule has 1 aliphatic rings. The monoisotopic (exact) mass is 326 g/mol. The van der Waals surface area contributed by atoms with Gasteiger partial charge in [0.05, 0.1) is 6.42 Å². The highest BCUT2D eigenvalue weighted by molar-refractivity contribution is 6.07. The van der Waals surface area contributed by atoms with Gasteiger partial charge in [-0.1, -0.05) is 25.1 Å². The molecule has 2 aromatic carbocycles. The molecule has 1 N–H and O–H groups in total. The van der Waals surface area contributed by atoms with Crippen molar-refractivity contribution in [3.8, 4) is 0 Å². The molecule has 0 saturated carbocycles. The second-order valence-corrected chi connectivity index (χ2v) is 5.68. The van der Waals surface area contributed by atoms with Crippen LogP contribution in [0.2, 0.25) is 0 Å². The normalized spacial score (nSPS) is 15.0. The number of halogens is 2. The van der Waals surface area contributed by atoms with Crippen LogP contribution in [-0.2, 0) is 4.79 Å². The lowest BCUT2D eigenvalue weighted by molar-refractivity contribution is -0.135. The Morgan fingerprint density at radius 2 is 1.67 bits per heavy atom. The van der Waals surface area contributed by atoms with E-state index in [1.807, 2.05) is 13.0 Å². The van der Waals surface area contributed by atoms with Crippen molar-refractivity contribution in [3.63, 3.8) is 0 Å². The maximum absolute atomic E-state index is 13.7. The summed E-state index contributed by atoms with van der Waals surface area (Å²) < 4.78 is 26.8. The zero-order valence-corrected chi connectivity index (χ0v) is 13.1. The molecule has 4 heteroatoms. The standard InChI is InChI=1S/C20H16F2O2/c1-2-15-17(9-12-3-5-13(21)6-4-12)16-8-7-14(22)10-18(16)19(15)11-20(23)24/h3-10H,2,11H2,1H3,(H,23,24)/b17-9-. The first-order valence-electron chi connectivity index (χ1n) is 7.71. The average Bonchev–Trinajstić information content (AvgIpc) is 2.81. The molecule has 0 amide bonds. The molecule has 0 atom stereocenters. The van der Waals surface area contributed by atoms with Crippen LogP contribution in [0.15, 0.2) is 48.0 Å². The van der Waals surface area contributed by atoms with Gasteiger partial charge in [0.25, 0.3) is 0 Å². The molecule has 3 rings (SSSR count). The first-order chi connectivity index (χ1) is 11.5. The summed E-state index contributed by atoms with van der Waals surface area (Å²) in [7, 11) is 0. The van der Waals surface area contributed by atoms with Gasteiger partial charge in [-0.05, 0) is 70.2 Å². The summed E-state index contributed by atoms with van der Waals surface area (Å²) in [5, 5.41) is 9.20. The lowest BCUT2D eigenvalue weighted by atomic mass is 9.98. The lowest BCUT2D eigenvalue weighted by Crippen LogP contribution is -1.97. The van der Waals surface area contributed by atoms with Gasteiger partial charge in [0, 0.05) is 0 Å². The molecule has 0 radical (unpaired) electrons. The first kappa shape index (κ1) is 16.1. The molecular formula is C20H16F2O2. The topological polar surface area (TPSA) is 37.3 Å². The van der Waals surface area contributed by atoms with E-state index in [4.69, 9.17) is 0 Å². The van der Waals surface area contributed by atoms with Crippen LogP contribution in [0.5, 0.6) is 0 Å². The van der Waals surface area contributed by atoms with Gasteiger partial charge in [-0.3, -0.25) is 4.79 Å². The highest BCUT2D eigenvalue weighted by Gasteiger charge is 2.27. The third-order valence-corrected chi connectivity index (χ3v) is 4.15. The van der Waals surface area contributed by atoms with Crippen molar-refractivity contribution in [1.29, 1.82) is 0 Å². The summed E-state index contributed by atoms with van der Waals surface area (Å²) in [6, 6.07) is 10.5. The molecule has 0 heterocycles. The Hall–Kier alpha value is -2.75. The Labute approximate surface area is 138 Å². The molecule has 122 valence electrons. The number of benzene rings is 2. The summed E-state index contributed by atoms with van der Waals surface area (Å²) in [6.45, 7) is 1.94. The van der Waals surface area contributed by atoms with Gasteiger partial charge in [-0.15, -0.1) is 0 Å². The van der Waals surface area contributed by atoms with E-state index in [9.17, 15) is 18.7 Å². The highest BCUT2D eigenvalue weighted by atomic mass is 19.1. The molecule has 2 aromatic rings. The molecule has 0 aliphatic heterocycles. The van der Waals surface area contributed by atoms with E-state index in [0.717, 1.165) is 22.3 Å². The van der Waals surface area contributed by atoms with Crippen LogP contribution in [0, 0.1) is 11.6 Å². The summed E-state index contributed by atoms with van der Waals surface area (Å²) in [5.41, 5.74) is 4.66. The summed E-state index contributed by atoms with van der Waals surface area (Å²) in [6.07, 6.45) is 2.37.